The van der Waals surface area contributed by atoms with Gasteiger partial charge in [-0.1, -0.05) is 36.4 Å². The molecule has 0 unspecified atom stereocenters. The molecule has 1 fully saturated rings. The average Bonchev–Trinajstić information content (AvgIpc) is 3.08. The summed E-state index contributed by atoms with van der Waals surface area (Å²) in [7, 11) is 0. The quantitative estimate of drug-likeness (QED) is 0.751. The minimum atomic E-state index is 0.474. The second-order valence-corrected chi connectivity index (χ2v) is 7.86. The van der Waals surface area contributed by atoms with E-state index in [0.29, 0.717) is 17.1 Å². The lowest BCUT2D eigenvalue weighted by atomic mass is 10.1. The zero-order chi connectivity index (χ0) is 18.5. The van der Waals surface area contributed by atoms with Crippen molar-refractivity contribution in [1.82, 2.24) is 10.2 Å². The minimum Gasteiger partial charge on any atom is -0.362 e. The molecule has 0 saturated carbocycles. The van der Waals surface area contributed by atoms with E-state index in [4.69, 9.17) is 12.2 Å². The molecule has 26 heavy (non-hydrogen) atoms. The van der Waals surface area contributed by atoms with Gasteiger partial charge in [-0.3, -0.25) is 4.90 Å². The van der Waals surface area contributed by atoms with E-state index in [1.54, 1.807) is 0 Å². The highest BCUT2D eigenvalue weighted by atomic mass is 32.1. The zero-order valence-electron chi connectivity index (χ0n) is 16.0. The number of anilines is 1. The summed E-state index contributed by atoms with van der Waals surface area (Å²) in [6.07, 6.45) is 1.22. The van der Waals surface area contributed by atoms with Crippen molar-refractivity contribution < 1.29 is 0 Å². The Kier molecular flexibility index (Phi) is 6.28. The monoisotopic (exact) mass is 367 g/mol. The van der Waals surface area contributed by atoms with Gasteiger partial charge in [0, 0.05) is 24.8 Å². The van der Waals surface area contributed by atoms with Crippen LogP contribution in [0.5, 0.6) is 0 Å². The molecule has 3 rings (SSSR count). The lowest BCUT2D eigenvalue weighted by Crippen LogP contribution is -2.34. The van der Waals surface area contributed by atoms with Crippen molar-refractivity contribution in [3.8, 4) is 0 Å². The Balaban J connectivity index is 1.46. The Hall–Kier alpha value is -1.91. The molecule has 2 N–H and O–H groups in total. The van der Waals surface area contributed by atoms with Gasteiger partial charge in [-0.25, -0.2) is 0 Å². The molecule has 1 saturated heterocycles. The van der Waals surface area contributed by atoms with Gasteiger partial charge in [0.25, 0.3) is 0 Å². The normalized spacial score (nSPS) is 18.5. The van der Waals surface area contributed by atoms with Gasteiger partial charge in [0.1, 0.15) is 0 Å². The van der Waals surface area contributed by atoms with Crippen LogP contribution in [0.2, 0.25) is 0 Å². The van der Waals surface area contributed by atoms with Gasteiger partial charge in [0.05, 0.1) is 0 Å². The standard InChI is InChI=1S/C22H29N3S/c1-16-11-17(2)13-21(12-16)24-22(26)23-14-19-9-10-25(15-19)18(3)20-7-5-4-6-8-20/h4-8,11-13,18-19H,9-10,14-15H2,1-3H3,(H2,23,24,26)/t18-,19-/m1/s1. The third-order valence-electron chi connectivity index (χ3n) is 5.18. The van der Waals surface area contributed by atoms with Crippen LogP contribution in [-0.2, 0) is 0 Å². The van der Waals surface area contributed by atoms with E-state index in [2.05, 4.69) is 84.8 Å². The number of hydrogen-bond acceptors (Lipinski definition) is 2. The molecular weight excluding hydrogens is 338 g/mol. The Morgan fingerprint density at radius 3 is 2.54 bits per heavy atom. The molecule has 0 radical (unpaired) electrons. The minimum absolute atomic E-state index is 0.474. The Bertz CT molecular complexity index is 724. The van der Waals surface area contributed by atoms with Crippen LogP contribution in [0.3, 0.4) is 0 Å². The van der Waals surface area contributed by atoms with E-state index < -0.39 is 0 Å². The fourth-order valence-electron chi connectivity index (χ4n) is 3.78. The van der Waals surface area contributed by atoms with E-state index in [1.165, 1.54) is 23.1 Å². The highest BCUT2D eigenvalue weighted by Crippen LogP contribution is 2.26. The first kappa shape index (κ1) is 18.9. The number of nitrogens with zero attached hydrogens (tertiary/aromatic N) is 1. The van der Waals surface area contributed by atoms with Gasteiger partial charge >= 0.3 is 0 Å². The average molecular weight is 368 g/mol. The number of rotatable bonds is 5. The third kappa shape index (κ3) is 5.05. The molecule has 1 aliphatic rings. The van der Waals surface area contributed by atoms with Gasteiger partial charge in [-0.15, -0.1) is 0 Å². The van der Waals surface area contributed by atoms with Crippen LogP contribution in [0.25, 0.3) is 0 Å². The summed E-state index contributed by atoms with van der Waals surface area (Å²) in [4.78, 5) is 2.57. The number of aryl methyl sites for hydroxylation is 2. The second kappa shape index (κ2) is 8.65. The van der Waals surface area contributed by atoms with Crippen molar-refractivity contribution in [2.45, 2.75) is 33.2 Å². The number of hydrogen-bond donors (Lipinski definition) is 2. The van der Waals surface area contributed by atoms with Crippen LogP contribution in [0.4, 0.5) is 5.69 Å². The van der Waals surface area contributed by atoms with Crippen LogP contribution in [0.15, 0.2) is 48.5 Å². The van der Waals surface area contributed by atoms with Crippen LogP contribution >= 0.6 is 12.2 Å². The van der Waals surface area contributed by atoms with Gasteiger partial charge in [-0.2, -0.15) is 0 Å². The van der Waals surface area contributed by atoms with Crippen molar-refractivity contribution in [1.29, 1.82) is 0 Å². The maximum atomic E-state index is 5.48. The predicted molar refractivity (Wildman–Crippen MR) is 115 cm³/mol. The Labute approximate surface area is 162 Å². The number of nitrogens with one attached hydrogen (secondary N) is 2. The van der Waals surface area contributed by atoms with Crippen LogP contribution < -0.4 is 10.6 Å². The second-order valence-electron chi connectivity index (χ2n) is 7.45. The van der Waals surface area contributed by atoms with Gasteiger partial charge in [0.15, 0.2) is 5.11 Å². The molecule has 3 nitrogen and oxygen atoms in total. The van der Waals surface area contributed by atoms with E-state index in [-0.39, 0.29) is 0 Å². The Morgan fingerprint density at radius 1 is 1.15 bits per heavy atom. The van der Waals surface area contributed by atoms with Crippen LogP contribution in [0.1, 0.15) is 36.1 Å². The molecule has 0 aliphatic carbocycles. The molecule has 0 aromatic heterocycles. The molecular formula is C22H29N3S. The smallest absolute Gasteiger partial charge is 0.170 e. The first-order valence-electron chi connectivity index (χ1n) is 9.43. The van der Waals surface area contributed by atoms with Gasteiger partial charge in [-0.05, 0) is 80.7 Å². The SMILES string of the molecule is Cc1cc(C)cc(NC(=S)NC[C@H]2CCN([C@H](C)c3ccccc3)C2)c1. The number of benzene rings is 2. The van der Waals surface area contributed by atoms with E-state index in [9.17, 15) is 0 Å². The summed E-state index contributed by atoms with van der Waals surface area (Å²) in [5.74, 6) is 0.639. The summed E-state index contributed by atoms with van der Waals surface area (Å²) >= 11 is 5.48. The lowest BCUT2D eigenvalue weighted by Gasteiger charge is -2.25. The van der Waals surface area contributed by atoms with E-state index in [1.807, 2.05) is 0 Å². The molecule has 0 bridgehead atoms. The molecule has 1 aliphatic heterocycles. The zero-order valence-corrected chi connectivity index (χ0v) is 16.8. The lowest BCUT2D eigenvalue weighted by molar-refractivity contribution is 0.253. The van der Waals surface area contributed by atoms with Gasteiger partial charge < -0.3 is 10.6 Å². The first-order valence-corrected chi connectivity index (χ1v) is 9.84. The van der Waals surface area contributed by atoms with Crippen molar-refractivity contribution in [2.75, 3.05) is 25.0 Å². The summed E-state index contributed by atoms with van der Waals surface area (Å²) in [6, 6.07) is 17.7. The summed E-state index contributed by atoms with van der Waals surface area (Å²) < 4.78 is 0. The molecule has 0 amide bonds. The van der Waals surface area contributed by atoms with Crippen LogP contribution in [0, 0.1) is 19.8 Å². The summed E-state index contributed by atoms with van der Waals surface area (Å²) in [5.41, 5.74) is 4.95. The molecule has 138 valence electrons. The van der Waals surface area contributed by atoms with E-state index >= 15 is 0 Å². The predicted octanol–water partition coefficient (Wildman–Crippen LogP) is 4.67. The maximum absolute atomic E-state index is 5.48. The molecule has 4 heteroatoms. The summed E-state index contributed by atoms with van der Waals surface area (Å²) in [6.45, 7) is 9.71. The first-order chi connectivity index (χ1) is 12.5. The van der Waals surface area contributed by atoms with Crippen molar-refractivity contribution in [3.05, 3.63) is 65.2 Å². The summed E-state index contributed by atoms with van der Waals surface area (Å²) in [5, 5.41) is 7.43. The highest BCUT2D eigenvalue weighted by molar-refractivity contribution is 7.80. The molecule has 2 atom stereocenters. The van der Waals surface area contributed by atoms with E-state index in [0.717, 1.165) is 25.3 Å². The Morgan fingerprint density at radius 2 is 1.85 bits per heavy atom. The molecule has 1 heterocycles. The maximum Gasteiger partial charge on any atom is 0.170 e. The highest BCUT2D eigenvalue weighted by Gasteiger charge is 2.26. The largest absolute Gasteiger partial charge is 0.362 e. The molecule has 0 spiro atoms. The van der Waals surface area contributed by atoms with Gasteiger partial charge in [0.2, 0.25) is 0 Å². The third-order valence-corrected chi connectivity index (χ3v) is 5.42. The number of thiocarbonyl (C=S) groups is 1. The fourth-order valence-corrected chi connectivity index (χ4v) is 3.98. The van der Waals surface area contributed by atoms with Crippen molar-refractivity contribution in [3.63, 3.8) is 0 Å². The topological polar surface area (TPSA) is 27.3 Å². The molecule has 2 aromatic carbocycles. The number of likely N-dealkylation sites (tertiary alicyclic amines) is 1. The molecule has 2 aromatic rings. The van der Waals surface area contributed by atoms with Crippen molar-refractivity contribution in [2.24, 2.45) is 5.92 Å². The van der Waals surface area contributed by atoms with Crippen molar-refractivity contribution >= 4 is 23.0 Å². The fraction of sp³-hybridized carbons (Fsp3) is 0.409. The van der Waals surface area contributed by atoms with Crippen LogP contribution in [-0.4, -0.2) is 29.6 Å².